The number of nitrogens with zero attached hydrogens (tertiary/aromatic N) is 3. The van der Waals surface area contributed by atoms with Crippen molar-refractivity contribution >= 4 is 17.5 Å². The number of rotatable bonds is 5. The zero-order valence-corrected chi connectivity index (χ0v) is 10.4. The zero-order valence-electron chi connectivity index (χ0n) is 9.65. The van der Waals surface area contributed by atoms with E-state index in [1.54, 1.807) is 0 Å². The first-order valence-electron chi connectivity index (χ1n) is 5.67. The van der Waals surface area contributed by atoms with Crippen LogP contribution in [0.5, 0.6) is 6.01 Å². The molecule has 1 fully saturated rings. The Morgan fingerprint density at radius 3 is 3.06 bits per heavy atom. The van der Waals surface area contributed by atoms with Crippen LogP contribution in [0.2, 0.25) is 5.28 Å². The van der Waals surface area contributed by atoms with E-state index in [-0.39, 0.29) is 17.4 Å². The maximum atomic E-state index is 5.77. The molecule has 1 aliphatic heterocycles. The summed E-state index contributed by atoms with van der Waals surface area (Å²) in [7, 11) is 0. The van der Waals surface area contributed by atoms with Crippen molar-refractivity contribution in [1.29, 1.82) is 0 Å². The van der Waals surface area contributed by atoms with E-state index in [1.807, 2.05) is 6.92 Å². The Labute approximate surface area is 105 Å². The Kier molecular flexibility index (Phi) is 4.33. The summed E-state index contributed by atoms with van der Waals surface area (Å²) in [5, 5.41) is 3.08. The van der Waals surface area contributed by atoms with Gasteiger partial charge in [0.25, 0.3) is 0 Å². The van der Waals surface area contributed by atoms with Crippen LogP contribution in [0.4, 0.5) is 5.95 Å². The zero-order chi connectivity index (χ0) is 12.1. The van der Waals surface area contributed by atoms with Crippen LogP contribution in [-0.4, -0.2) is 40.8 Å². The Hall–Kier alpha value is -1.14. The fourth-order valence-corrected chi connectivity index (χ4v) is 1.73. The van der Waals surface area contributed by atoms with Gasteiger partial charge in [0.15, 0.2) is 0 Å². The topological polar surface area (TPSA) is 69.2 Å². The molecule has 0 saturated carbocycles. The third-order valence-electron chi connectivity index (χ3n) is 2.34. The molecule has 1 aliphatic rings. The molecule has 2 heterocycles. The highest BCUT2D eigenvalue weighted by Crippen LogP contribution is 2.15. The van der Waals surface area contributed by atoms with Gasteiger partial charge in [-0.3, -0.25) is 0 Å². The first-order chi connectivity index (χ1) is 8.28. The highest BCUT2D eigenvalue weighted by Gasteiger charge is 2.17. The molecule has 0 spiro atoms. The molecular weight excluding hydrogens is 244 g/mol. The molecule has 94 valence electrons. The van der Waals surface area contributed by atoms with Crippen molar-refractivity contribution in [3.05, 3.63) is 5.28 Å². The summed E-state index contributed by atoms with van der Waals surface area (Å²) in [6, 6.07) is 0.233. The van der Waals surface area contributed by atoms with Gasteiger partial charge in [-0.25, -0.2) is 0 Å². The van der Waals surface area contributed by atoms with Crippen LogP contribution in [-0.2, 0) is 4.74 Å². The first-order valence-corrected chi connectivity index (χ1v) is 6.05. The number of hydrogen-bond acceptors (Lipinski definition) is 6. The molecule has 7 heteroatoms. The lowest BCUT2D eigenvalue weighted by Gasteiger charge is -2.10. The van der Waals surface area contributed by atoms with E-state index in [9.17, 15) is 0 Å². The second kappa shape index (κ2) is 5.97. The van der Waals surface area contributed by atoms with E-state index in [1.165, 1.54) is 0 Å². The Morgan fingerprint density at radius 1 is 1.47 bits per heavy atom. The van der Waals surface area contributed by atoms with Gasteiger partial charge in [0.2, 0.25) is 11.2 Å². The summed E-state index contributed by atoms with van der Waals surface area (Å²) in [4.78, 5) is 11.9. The lowest BCUT2D eigenvalue weighted by Crippen LogP contribution is -2.18. The van der Waals surface area contributed by atoms with Crippen LogP contribution in [0.25, 0.3) is 0 Å². The lowest BCUT2D eigenvalue weighted by molar-refractivity contribution is 0.0645. The van der Waals surface area contributed by atoms with Crippen molar-refractivity contribution in [2.45, 2.75) is 25.9 Å². The van der Waals surface area contributed by atoms with Crippen molar-refractivity contribution in [2.75, 3.05) is 25.1 Å². The van der Waals surface area contributed by atoms with E-state index in [2.05, 4.69) is 20.3 Å². The van der Waals surface area contributed by atoms with Gasteiger partial charge in [0, 0.05) is 13.2 Å². The molecule has 1 N–H and O–H groups in total. The Morgan fingerprint density at radius 2 is 2.35 bits per heavy atom. The molecule has 17 heavy (non-hydrogen) atoms. The smallest absolute Gasteiger partial charge is 0.322 e. The van der Waals surface area contributed by atoms with E-state index in [0.717, 1.165) is 19.4 Å². The van der Waals surface area contributed by atoms with Gasteiger partial charge >= 0.3 is 6.01 Å². The summed E-state index contributed by atoms with van der Waals surface area (Å²) in [6.45, 7) is 3.91. The second-order valence-corrected chi connectivity index (χ2v) is 4.03. The minimum absolute atomic E-state index is 0.123. The highest BCUT2D eigenvalue weighted by molar-refractivity contribution is 6.28. The Bertz CT molecular complexity index is 371. The van der Waals surface area contributed by atoms with Crippen LogP contribution in [0, 0.1) is 0 Å². The largest absolute Gasteiger partial charge is 0.461 e. The summed E-state index contributed by atoms with van der Waals surface area (Å²) in [5.41, 5.74) is 0. The van der Waals surface area contributed by atoms with E-state index in [4.69, 9.17) is 21.1 Å². The van der Waals surface area contributed by atoms with Crippen LogP contribution in [0.1, 0.15) is 19.8 Å². The minimum Gasteiger partial charge on any atom is -0.461 e. The lowest BCUT2D eigenvalue weighted by atomic mass is 10.2. The highest BCUT2D eigenvalue weighted by atomic mass is 35.5. The summed E-state index contributed by atoms with van der Waals surface area (Å²) < 4.78 is 10.9. The van der Waals surface area contributed by atoms with Crippen LogP contribution >= 0.6 is 11.6 Å². The molecule has 6 nitrogen and oxygen atoms in total. The van der Waals surface area contributed by atoms with Crippen molar-refractivity contribution in [2.24, 2.45) is 0 Å². The van der Waals surface area contributed by atoms with Crippen LogP contribution < -0.4 is 10.1 Å². The Balaban J connectivity index is 1.94. The van der Waals surface area contributed by atoms with E-state index < -0.39 is 0 Å². The summed E-state index contributed by atoms with van der Waals surface area (Å²) in [6.07, 6.45) is 2.22. The normalized spacial score (nSPS) is 19.3. The van der Waals surface area contributed by atoms with Gasteiger partial charge in [-0.1, -0.05) is 0 Å². The van der Waals surface area contributed by atoms with Crippen molar-refractivity contribution in [1.82, 2.24) is 15.0 Å². The predicted molar refractivity (Wildman–Crippen MR) is 63.5 cm³/mol. The fraction of sp³-hybridized carbons (Fsp3) is 0.700. The third kappa shape index (κ3) is 3.67. The van der Waals surface area contributed by atoms with Crippen LogP contribution in [0.3, 0.4) is 0 Å². The number of nitrogens with one attached hydrogen (secondary N) is 1. The molecular formula is C10H15ClN4O2. The monoisotopic (exact) mass is 258 g/mol. The van der Waals surface area contributed by atoms with Crippen molar-refractivity contribution < 1.29 is 9.47 Å². The maximum Gasteiger partial charge on any atom is 0.322 e. The number of ether oxygens (including phenoxy) is 2. The fourth-order valence-electron chi connectivity index (χ4n) is 1.58. The number of halogens is 1. The minimum atomic E-state index is 0.123. The molecule has 0 aromatic carbocycles. The summed E-state index contributed by atoms with van der Waals surface area (Å²) >= 11 is 5.77. The molecule has 0 amide bonds. The van der Waals surface area contributed by atoms with Gasteiger partial charge in [-0.2, -0.15) is 15.0 Å². The maximum absolute atomic E-state index is 5.77. The van der Waals surface area contributed by atoms with Crippen LogP contribution in [0.15, 0.2) is 0 Å². The quantitative estimate of drug-likeness (QED) is 0.864. The number of hydrogen-bond donors (Lipinski definition) is 1. The SMILES string of the molecule is CCNc1nc(Cl)nc(OCC2CCCO2)n1. The standard InChI is InChI=1S/C10H15ClN4O2/c1-2-12-9-13-8(11)14-10(15-9)17-6-7-4-3-5-16-7/h7H,2-6H2,1H3,(H,12,13,14,15). The van der Waals surface area contributed by atoms with Gasteiger partial charge in [0.05, 0.1) is 6.10 Å². The average Bonchev–Trinajstić information content (AvgIpc) is 2.79. The van der Waals surface area contributed by atoms with Gasteiger partial charge in [0.1, 0.15) is 6.61 Å². The average molecular weight is 259 g/mol. The molecule has 0 bridgehead atoms. The first kappa shape index (κ1) is 12.3. The van der Waals surface area contributed by atoms with Gasteiger partial charge in [-0.15, -0.1) is 0 Å². The molecule has 1 saturated heterocycles. The molecule has 0 radical (unpaired) electrons. The van der Waals surface area contributed by atoms with Gasteiger partial charge < -0.3 is 14.8 Å². The number of aromatic nitrogens is 3. The van der Waals surface area contributed by atoms with E-state index in [0.29, 0.717) is 19.1 Å². The predicted octanol–water partition coefficient (Wildman–Crippen LogP) is 1.51. The third-order valence-corrected chi connectivity index (χ3v) is 2.51. The van der Waals surface area contributed by atoms with E-state index >= 15 is 0 Å². The number of anilines is 1. The summed E-state index contributed by atoms with van der Waals surface area (Å²) in [5.74, 6) is 0.426. The molecule has 1 unspecified atom stereocenters. The van der Waals surface area contributed by atoms with Gasteiger partial charge in [-0.05, 0) is 31.4 Å². The molecule has 0 aliphatic carbocycles. The van der Waals surface area contributed by atoms with Crippen molar-refractivity contribution in [3.8, 4) is 6.01 Å². The second-order valence-electron chi connectivity index (χ2n) is 3.69. The molecule has 2 rings (SSSR count). The molecule has 1 atom stereocenters. The van der Waals surface area contributed by atoms with Crippen molar-refractivity contribution in [3.63, 3.8) is 0 Å². The molecule has 1 aromatic rings. The molecule has 1 aromatic heterocycles.